The van der Waals surface area contributed by atoms with Crippen LogP contribution in [0.5, 0.6) is 5.75 Å². The Morgan fingerprint density at radius 1 is 1.22 bits per heavy atom. The fourth-order valence-electron chi connectivity index (χ4n) is 4.68. The molecule has 2 unspecified atom stereocenters. The molecule has 4 rings (SSSR count). The summed E-state index contributed by atoms with van der Waals surface area (Å²) in [4.78, 5) is 25.9. The number of nitrogens with zero attached hydrogens (tertiary/aromatic N) is 1. The number of amides is 2. The van der Waals surface area contributed by atoms with Gasteiger partial charge < -0.3 is 14.4 Å². The molecule has 2 aliphatic rings. The molecule has 1 saturated heterocycles. The lowest BCUT2D eigenvalue weighted by Crippen LogP contribution is -2.69. The number of alkyl halides is 3. The van der Waals surface area contributed by atoms with Crippen molar-refractivity contribution >= 4 is 17.9 Å². The number of hydrogen-bond donors (Lipinski definition) is 3. The van der Waals surface area contributed by atoms with E-state index < -0.39 is 29.6 Å². The minimum atomic E-state index is -4.90. The van der Waals surface area contributed by atoms with Gasteiger partial charge in [0.2, 0.25) is 5.54 Å². The summed E-state index contributed by atoms with van der Waals surface area (Å²) in [5.74, 6) is -1.31. The van der Waals surface area contributed by atoms with E-state index in [1.54, 1.807) is 43.3 Å². The first-order valence-electron chi connectivity index (χ1n) is 11.8. The van der Waals surface area contributed by atoms with Gasteiger partial charge in [-0.05, 0) is 48.2 Å². The third-order valence-corrected chi connectivity index (χ3v) is 6.46. The number of nitrogens with one attached hydrogen (secondary N) is 2. The summed E-state index contributed by atoms with van der Waals surface area (Å²) >= 11 is 0. The van der Waals surface area contributed by atoms with Gasteiger partial charge in [-0.1, -0.05) is 35.9 Å². The second-order valence-corrected chi connectivity index (χ2v) is 9.05. The van der Waals surface area contributed by atoms with E-state index in [1.165, 1.54) is 22.5 Å². The highest BCUT2D eigenvalue weighted by Gasteiger charge is 2.65. The Balaban J connectivity index is 1.59. The van der Waals surface area contributed by atoms with Crippen LogP contribution in [0.15, 0.2) is 48.5 Å². The molecule has 2 aromatic rings. The van der Waals surface area contributed by atoms with Crippen LogP contribution >= 0.6 is 0 Å². The summed E-state index contributed by atoms with van der Waals surface area (Å²) < 4.78 is 55.7. The third kappa shape index (κ3) is 5.63. The summed E-state index contributed by atoms with van der Waals surface area (Å²) in [6, 6.07) is 10.4. The summed E-state index contributed by atoms with van der Waals surface area (Å²) in [6.07, 6.45) is -2.03. The SMILES string of the molecule is Cc1ccc2c(c1)CC(COc1ccc(/C=C/C(=O)NO)cc1)NC2(C(=O)N1CCOCC1)C(F)(F)F. The Morgan fingerprint density at radius 2 is 1.92 bits per heavy atom. The van der Waals surface area contributed by atoms with Gasteiger partial charge in [-0.3, -0.25) is 20.1 Å². The van der Waals surface area contributed by atoms with Crippen LogP contribution < -0.4 is 15.5 Å². The van der Waals surface area contributed by atoms with Crippen LogP contribution in [-0.2, 0) is 26.3 Å². The fourth-order valence-corrected chi connectivity index (χ4v) is 4.68. The molecule has 1 fully saturated rings. The molecular weight excluding hydrogens is 491 g/mol. The molecule has 2 heterocycles. The molecule has 0 bridgehead atoms. The van der Waals surface area contributed by atoms with E-state index in [2.05, 4.69) is 5.32 Å². The van der Waals surface area contributed by atoms with E-state index >= 15 is 0 Å². The van der Waals surface area contributed by atoms with Crippen molar-refractivity contribution < 1.29 is 37.4 Å². The van der Waals surface area contributed by atoms with Crippen LogP contribution in [0.25, 0.3) is 6.08 Å². The van der Waals surface area contributed by atoms with Crippen LogP contribution in [0.1, 0.15) is 22.3 Å². The molecule has 3 N–H and O–H groups in total. The second kappa shape index (κ2) is 10.9. The van der Waals surface area contributed by atoms with Crippen LogP contribution in [0.2, 0.25) is 0 Å². The molecule has 0 aliphatic carbocycles. The topological polar surface area (TPSA) is 100 Å². The average molecular weight is 520 g/mol. The lowest BCUT2D eigenvalue weighted by atomic mass is 9.77. The van der Waals surface area contributed by atoms with E-state index in [9.17, 15) is 22.8 Å². The first kappa shape index (κ1) is 26.6. The van der Waals surface area contributed by atoms with Gasteiger partial charge in [-0.25, -0.2) is 5.48 Å². The number of morpholine rings is 1. The molecule has 2 amide bonds. The van der Waals surface area contributed by atoms with Crippen LogP contribution in [-0.4, -0.2) is 67.0 Å². The van der Waals surface area contributed by atoms with Gasteiger partial charge in [0.1, 0.15) is 12.4 Å². The van der Waals surface area contributed by atoms with E-state index in [0.717, 1.165) is 11.6 Å². The number of fused-ring (bicyclic) bond motifs is 1. The van der Waals surface area contributed by atoms with Crippen LogP contribution in [0.4, 0.5) is 13.2 Å². The van der Waals surface area contributed by atoms with Crippen molar-refractivity contribution in [3.05, 3.63) is 70.8 Å². The van der Waals surface area contributed by atoms with Crippen LogP contribution in [0, 0.1) is 6.92 Å². The number of rotatable bonds is 6. The lowest BCUT2D eigenvalue weighted by molar-refractivity contribution is -0.215. The molecule has 37 heavy (non-hydrogen) atoms. The zero-order chi connectivity index (χ0) is 26.6. The van der Waals surface area contributed by atoms with Gasteiger partial charge in [0, 0.05) is 25.2 Å². The summed E-state index contributed by atoms with van der Waals surface area (Å²) in [5, 5.41) is 11.2. The Morgan fingerprint density at radius 3 is 2.57 bits per heavy atom. The molecule has 198 valence electrons. The Bertz CT molecular complexity index is 1160. The van der Waals surface area contributed by atoms with Crippen molar-refractivity contribution in [1.29, 1.82) is 0 Å². The van der Waals surface area contributed by atoms with E-state index in [0.29, 0.717) is 16.9 Å². The normalized spacial score (nSPS) is 22.0. The number of carbonyl (C=O) groups is 2. The monoisotopic (exact) mass is 519 g/mol. The Kier molecular flexibility index (Phi) is 7.86. The van der Waals surface area contributed by atoms with E-state index in [-0.39, 0.29) is 44.9 Å². The number of ether oxygens (including phenoxy) is 2. The highest BCUT2D eigenvalue weighted by atomic mass is 19.4. The van der Waals surface area contributed by atoms with Gasteiger partial charge in [-0.15, -0.1) is 0 Å². The van der Waals surface area contributed by atoms with Gasteiger partial charge >= 0.3 is 6.18 Å². The second-order valence-electron chi connectivity index (χ2n) is 9.05. The maximum Gasteiger partial charge on any atom is 0.419 e. The lowest BCUT2D eigenvalue weighted by Gasteiger charge is -2.46. The van der Waals surface area contributed by atoms with Crippen molar-refractivity contribution in [2.24, 2.45) is 0 Å². The first-order chi connectivity index (χ1) is 17.6. The van der Waals surface area contributed by atoms with Crippen molar-refractivity contribution in [3.8, 4) is 5.75 Å². The Hall–Kier alpha value is -3.41. The molecule has 0 radical (unpaired) electrons. The summed E-state index contributed by atoms with van der Waals surface area (Å²) in [7, 11) is 0. The zero-order valence-electron chi connectivity index (χ0n) is 20.2. The number of hydrogen-bond acceptors (Lipinski definition) is 6. The number of carbonyl (C=O) groups excluding carboxylic acids is 2. The molecule has 0 saturated carbocycles. The smallest absolute Gasteiger partial charge is 0.419 e. The molecule has 2 aliphatic heterocycles. The standard InChI is InChI=1S/C26H28F3N3O5/c1-17-2-8-22-19(14-17)15-20(16-37-21-6-3-18(4-7-21)5-9-23(33)31-35)30-25(22,26(27,28)29)24(34)32-10-12-36-13-11-32/h2-9,14,20,30,35H,10-13,15-16H2,1H3,(H,31,33)/b9-5+. The number of halogens is 3. The average Bonchev–Trinajstić information content (AvgIpc) is 2.89. The molecule has 8 nitrogen and oxygen atoms in total. The van der Waals surface area contributed by atoms with Crippen molar-refractivity contribution in [3.63, 3.8) is 0 Å². The number of benzene rings is 2. The Labute approximate surface area is 212 Å². The quantitative estimate of drug-likeness (QED) is 0.308. The summed E-state index contributed by atoms with van der Waals surface area (Å²) in [5.41, 5.74) is 0.414. The largest absolute Gasteiger partial charge is 0.492 e. The molecule has 2 aromatic carbocycles. The van der Waals surface area contributed by atoms with Gasteiger partial charge in [-0.2, -0.15) is 13.2 Å². The van der Waals surface area contributed by atoms with Crippen LogP contribution in [0.3, 0.4) is 0 Å². The molecular formula is C26H28F3N3O5. The highest BCUT2D eigenvalue weighted by Crippen LogP contribution is 2.45. The molecule has 0 aromatic heterocycles. The van der Waals surface area contributed by atoms with E-state index in [4.69, 9.17) is 14.7 Å². The minimum absolute atomic E-state index is 0.0820. The van der Waals surface area contributed by atoms with Gasteiger partial charge in [0.05, 0.1) is 13.2 Å². The predicted octanol–water partition coefficient (Wildman–Crippen LogP) is 2.72. The number of aryl methyl sites for hydroxylation is 1. The zero-order valence-corrected chi connectivity index (χ0v) is 20.2. The number of hydroxylamine groups is 1. The molecule has 11 heteroatoms. The highest BCUT2D eigenvalue weighted by molar-refractivity contribution is 5.91. The van der Waals surface area contributed by atoms with Crippen molar-refractivity contribution in [2.75, 3.05) is 32.9 Å². The fraction of sp³-hybridized carbons (Fsp3) is 0.385. The minimum Gasteiger partial charge on any atom is -0.492 e. The van der Waals surface area contributed by atoms with Crippen molar-refractivity contribution in [1.82, 2.24) is 15.7 Å². The third-order valence-electron chi connectivity index (χ3n) is 6.46. The predicted molar refractivity (Wildman–Crippen MR) is 128 cm³/mol. The van der Waals surface area contributed by atoms with Gasteiger partial charge in [0.25, 0.3) is 11.8 Å². The van der Waals surface area contributed by atoms with Gasteiger partial charge in [0.15, 0.2) is 0 Å². The molecule has 2 atom stereocenters. The first-order valence-corrected chi connectivity index (χ1v) is 11.8. The van der Waals surface area contributed by atoms with E-state index in [1.807, 2.05) is 0 Å². The summed E-state index contributed by atoms with van der Waals surface area (Å²) in [6.45, 7) is 2.23. The molecule has 0 spiro atoms. The maximum absolute atomic E-state index is 14.9. The maximum atomic E-state index is 14.9. The van der Waals surface area contributed by atoms with Crippen molar-refractivity contribution in [2.45, 2.75) is 31.1 Å².